The molecule has 0 rings (SSSR count). The van der Waals surface area contributed by atoms with Gasteiger partial charge in [-0.2, -0.15) is 0 Å². The van der Waals surface area contributed by atoms with E-state index in [9.17, 15) is 13.0 Å². The molecule has 0 aromatic carbocycles. The summed E-state index contributed by atoms with van der Waals surface area (Å²) in [6, 6.07) is 0. The molecule has 0 saturated carbocycles. The van der Waals surface area contributed by atoms with Crippen molar-refractivity contribution in [3.8, 4) is 0 Å². The summed E-state index contributed by atoms with van der Waals surface area (Å²) in [5.74, 6) is 0. The average molecular weight is 326 g/mol. The minimum Gasteiger partial charge on any atom is -0.726 e. The van der Waals surface area contributed by atoms with Gasteiger partial charge in [0.1, 0.15) is 0 Å². The fourth-order valence-electron chi connectivity index (χ4n) is 2.29. The van der Waals surface area contributed by atoms with Crippen LogP contribution in [0.4, 0.5) is 0 Å². The van der Waals surface area contributed by atoms with Crippen LogP contribution in [0.5, 0.6) is 0 Å². The lowest BCUT2D eigenvalue weighted by Gasteiger charge is -2.38. The standard InChI is InChI=1S/C14H32N.CH4O4S/c1-5-9-12-15(8-4,13-10-6-2)14-11-7-3;1-5-6(2,3)4/h5-14H2,1-4H3;1H3,(H,2,3,4)/q+1;/p-1. The second kappa shape index (κ2) is 13.5. The number of nitrogens with zero attached hydrogens (tertiary/aromatic N) is 1. The smallest absolute Gasteiger partial charge is 0.217 e. The third-order valence-electron chi connectivity index (χ3n) is 3.83. The molecule has 0 amide bonds. The minimum atomic E-state index is -4.41. The van der Waals surface area contributed by atoms with Crippen molar-refractivity contribution in [2.45, 2.75) is 66.2 Å². The predicted molar refractivity (Wildman–Crippen MR) is 86.8 cm³/mol. The molecular formula is C15H35NO4S. The summed E-state index contributed by atoms with van der Waals surface area (Å²) in [6.07, 6.45) is 8.25. The maximum absolute atomic E-state index is 9.22. The van der Waals surface area contributed by atoms with Crippen LogP contribution >= 0.6 is 0 Å². The Balaban J connectivity index is 0. The molecule has 0 spiro atoms. The van der Waals surface area contributed by atoms with Gasteiger partial charge in [-0.05, 0) is 26.2 Å². The van der Waals surface area contributed by atoms with Crippen LogP contribution in [0.1, 0.15) is 66.2 Å². The molecule has 0 saturated heterocycles. The van der Waals surface area contributed by atoms with Gasteiger partial charge in [0.2, 0.25) is 10.4 Å². The molecule has 0 heterocycles. The number of quaternary nitrogens is 1. The van der Waals surface area contributed by atoms with Crippen molar-refractivity contribution in [1.82, 2.24) is 0 Å². The Morgan fingerprint density at radius 3 is 1.29 bits per heavy atom. The Hall–Kier alpha value is -0.170. The van der Waals surface area contributed by atoms with Gasteiger partial charge in [-0.25, -0.2) is 8.42 Å². The van der Waals surface area contributed by atoms with E-state index in [0.29, 0.717) is 0 Å². The molecule has 0 radical (unpaired) electrons. The topological polar surface area (TPSA) is 66.4 Å². The highest BCUT2D eigenvalue weighted by Gasteiger charge is 2.22. The van der Waals surface area contributed by atoms with E-state index in [1.807, 2.05) is 0 Å². The monoisotopic (exact) mass is 325 g/mol. The number of rotatable bonds is 11. The third kappa shape index (κ3) is 14.5. The summed E-state index contributed by atoms with van der Waals surface area (Å²) in [7, 11) is -3.60. The van der Waals surface area contributed by atoms with Gasteiger partial charge in [0, 0.05) is 0 Å². The molecule has 0 atom stereocenters. The molecule has 0 aliphatic rings. The SMILES string of the molecule is CCCC[N+](CC)(CCCC)CCCC.COS(=O)(=O)[O-]. The normalized spacial score (nSPS) is 11.9. The van der Waals surface area contributed by atoms with Gasteiger partial charge in [0.05, 0.1) is 33.3 Å². The Labute approximate surface area is 132 Å². The quantitative estimate of drug-likeness (QED) is 0.332. The van der Waals surface area contributed by atoms with Crippen LogP contribution in [0.3, 0.4) is 0 Å². The van der Waals surface area contributed by atoms with Crippen LogP contribution in [0.2, 0.25) is 0 Å². The fraction of sp³-hybridized carbons (Fsp3) is 1.00. The van der Waals surface area contributed by atoms with E-state index in [2.05, 4.69) is 31.9 Å². The van der Waals surface area contributed by atoms with Gasteiger partial charge in [0.25, 0.3) is 0 Å². The highest BCUT2D eigenvalue weighted by Crippen LogP contribution is 2.14. The molecule has 0 aliphatic heterocycles. The van der Waals surface area contributed by atoms with Gasteiger partial charge in [-0.15, -0.1) is 0 Å². The highest BCUT2D eigenvalue weighted by atomic mass is 32.3. The number of unbranched alkanes of at least 4 members (excludes halogenated alkanes) is 3. The van der Waals surface area contributed by atoms with E-state index in [1.165, 1.54) is 69.2 Å². The van der Waals surface area contributed by atoms with Crippen LogP contribution < -0.4 is 0 Å². The molecular weight excluding hydrogens is 290 g/mol. The van der Waals surface area contributed by atoms with E-state index in [1.54, 1.807) is 0 Å². The summed E-state index contributed by atoms with van der Waals surface area (Å²) < 4.78 is 32.4. The van der Waals surface area contributed by atoms with Crippen molar-refractivity contribution < 1.29 is 21.6 Å². The van der Waals surface area contributed by atoms with E-state index >= 15 is 0 Å². The minimum absolute atomic E-state index is 0.808. The van der Waals surface area contributed by atoms with Gasteiger partial charge >= 0.3 is 0 Å². The number of hydrogen-bond acceptors (Lipinski definition) is 4. The summed E-state index contributed by atoms with van der Waals surface area (Å²) >= 11 is 0. The van der Waals surface area contributed by atoms with Crippen molar-refractivity contribution in [3.63, 3.8) is 0 Å². The zero-order valence-corrected chi connectivity index (χ0v) is 15.4. The number of hydrogen-bond donors (Lipinski definition) is 0. The fourth-order valence-corrected chi connectivity index (χ4v) is 2.29. The Morgan fingerprint density at radius 1 is 0.857 bits per heavy atom. The lowest BCUT2D eigenvalue weighted by molar-refractivity contribution is -0.927. The Morgan fingerprint density at radius 2 is 1.14 bits per heavy atom. The molecule has 0 aromatic rings. The lowest BCUT2D eigenvalue weighted by atomic mass is 10.1. The van der Waals surface area contributed by atoms with Crippen LogP contribution in [0, 0.1) is 0 Å². The molecule has 5 nitrogen and oxygen atoms in total. The van der Waals surface area contributed by atoms with Crippen LogP contribution in [0.25, 0.3) is 0 Å². The zero-order chi connectivity index (χ0) is 16.8. The Kier molecular flexibility index (Phi) is 14.8. The first-order valence-corrected chi connectivity index (χ1v) is 9.50. The van der Waals surface area contributed by atoms with Crippen molar-refractivity contribution in [3.05, 3.63) is 0 Å². The van der Waals surface area contributed by atoms with Crippen LogP contribution in [-0.2, 0) is 14.6 Å². The first kappa shape index (κ1) is 23.1. The summed E-state index contributed by atoms with van der Waals surface area (Å²) in [6.45, 7) is 14.9. The second-order valence-electron chi connectivity index (χ2n) is 5.46. The molecule has 130 valence electrons. The van der Waals surface area contributed by atoms with E-state index < -0.39 is 10.4 Å². The summed E-state index contributed by atoms with van der Waals surface area (Å²) in [5, 5.41) is 0. The summed E-state index contributed by atoms with van der Waals surface area (Å²) in [4.78, 5) is 0. The lowest BCUT2D eigenvalue weighted by Crippen LogP contribution is -2.49. The first-order chi connectivity index (χ1) is 9.80. The maximum Gasteiger partial charge on any atom is 0.217 e. The molecule has 0 fully saturated rings. The molecule has 21 heavy (non-hydrogen) atoms. The molecule has 0 aromatic heterocycles. The van der Waals surface area contributed by atoms with Gasteiger partial charge in [0.15, 0.2) is 0 Å². The second-order valence-corrected chi connectivity index (χ2v) is 6.61. The van der Waals surface area contributed by atoms with Crippen LogP contribution in [0.15, 0.2) is 0 Å². The maximum atomic E-state index is 9.22. The Bertz CT molecular complexity index is 296. The molecule has 0 unspecified atom stereocenters. The van der Waals surface area contributed by atoms with Crippen molar-refractivity contribution in [1.29, 1.82) is 0 Å². The van der Waals surface area contributed by atoms with E-state index in [4.69, 9.17) is 0 Å². The van der Waals surface area contributed by atoms with Crippen molar-refractivity contribution >= 4 is 10.4 Å². The van der Waals surface area contributed by atoms with Gasteiger partial charge in [-0.1, -0.05) is 40.0 Å². The third-order valence-corrected chi connectivity index (χ3v) is 4.24. The molecule has 0 bridgehead atoms. The van der Waals surface area contributed by atoms with E-state index in [0.717, 1.165) is 7.11 Å². The largest absolute Gasteiger partial charge is 0.726 e. The van der Waals surface area contributed by atoms with Crippen molar-refractivity contribution in [2.75, 3.05) is 33.3 Å². The zero-order valence-electron chi connectivity index (χ0n) is 14.6. The van der Waals surface area contributed by atoms with Gasteiger partial charge in [-0.3, -0.25) is 4.18 Å². The predicted octanol–water partition coefficient (Wildman–Crippen LogP) is 3.32. The van der Waals surface area contributed by atoms with E-state index in [-0.39, 0.29) is 0 Å². The molecule has 6 heteroatoms. The summed E-state index contributed by atoms with van der Waals surface area (Å²) in [5.41, 5.74) is 0. The molecule has 0 aliphatic carbocycles. The molecule has 0 N–H and O–H groups in total. The van der Waals surface area contributed by atoms with Crippen molar-refractivity contribution in [2.24, 2.45) is 0 Å². The first-order valence-electron chi connectivity index (χ1n) is 8.17. The average Bonchev–Trinajstić information content (AvgIpc) is 2.47. The van der Waals surface area contributed by atoms with Crippen LogP contribution in [-0.4, -0.2) is 50.7 Å². The van der Waals surface area contributed by atoms with Gasteiger partial charge < -0.3 is 9.04 Å². The highest BCUT2D eigenvalue weighted by molar-refractivity contribution is 7.80.